The zero-order chi connectivity index (χ0) is 20.1. The zero-order valence-corrected chi connectivity index (χ0v) is 15.6. The van der Waals surface area contributed by atoms with Crippen molar-refractivity contribution >= 4 is 23.4 Å². The molecule has 2 heterocycles. The molecule has 6 nitrogen and oxygen atoms in total. The van der Waals surface area contributed by atoms with Gasteiger partial charge in [-0.3, -0.25) is 9.78 Å². The summed E-state index contributed by atoms with van der Waals surface area (Å²) in [6.45, 7) is 2.35. The smallest absolute Gasteiger partial charge is 0.325 e. The maximum absolute atomic E-state index is 12.7. The molecule has 1 N–H and O–H groups in total. The lowest BCUT2D eigenvalue weighted by molar-refractivity contribution is -0.141. The highest BCUT2D eigenvalue weighted by Crippen LogP contribution is 2.29. The van der Waals surface area contributed by atoms with Gasteiger partial charge in [-0.15, -0.1) is 10.2 Å². The van der Waals surface area contributed by atoms with E-state index in [1.165, 1.54) is 17.8 Å². The minimum absolute atomic E-state index is 0.123. The number of pyridine rings is 1. The van der Waals surface area contributed by atoms with Crippen LogP contribution in [0.5, 0.6) is 0 Å². The second-order valence-electron chi connectivity index (χ2n) is 5.68. The minimum Gasteiger partial charge on any atom is -0.325 e. The number of rotatable bonds is 6. The van der Waals surface area contributed by atoms with Crippen LogP contribution < -0.4 is 5.32 Å². The molecular weight excluding hydrogens is 391 g/mol. The van der Waals surface area contributed by atoms with E-state index in [9.17, 15) is 18.0 Å². The molecule has 0 saturated carbocycles. The van der Waals surface area contributed by atoms with Crippen molar-refractivity contribution in [1.82, 2.24) is 19.7 Å². The predicted molar refractivity (Wildman–Crippen MR) is 99.7 cm³/mol. The molecule has 0 fully saturated rings. The van der Waals surface area contributed by atoms with Gasteiger partial charge in [-0.1, -0.05) is 30.0 Å². The molecule has 1 aromatic carbocycles. The molecule has 0 radical (unpaired) electrons. The van der Waals surface area contributed by atoms with Crippen molar-refractivity contribution in [3.8, 4) is 11.4 Å². The summed E-state index contributed by atoms with van der Waals surface area (Å²) in [6.07, 6.45) is -3.38. The highest BCUT2D eigenvalue weighted by molar-refractivity contribution is 7.99. The van der Waals surface area contributed by atoms with E-state index < -0.39 is 11.9 Å². The second kappa shape index (κ2) is 8.42. The average molecular weight is 407 g/mol. The van der Waals surface area contributed by atoms with Crippen molar-refractivity contribution in [3.63, 3.8) is 0 Å². The second-order valence-corrected chi connectivity index (χ2v) is 6.63. The maximum atomic E-state index is 12.7. The molecular formula is C18H16F3N5OS. The number of alkyl halides is 3. The SMILES string of the molecule is CCn1c(SCC(=O)Nc2ccccc2)nnc1-c1ccc(C(F)(F)F)nc1. The molecule has 0 aliphatic carbocycles. The molecule has 0 aliphatic rings. The fourth-order valence-electron chi connectivity index (χ4n) is 2.44. The number of hydrogen-bond donors (Lipinski definition) is 1. The van der Waals surface area contributed by atoms with Gasteiger partial charge in [-0.25, -0.2) is 0 Å². The fourth-order valence-corrected chi connectivity index (χ4v) is 3.24. The van der Waals surface area contributed by atoms with Gasteiger partial charge in [0.05, 0.1) is 5.75 Å². The summed E-state index contributed by atoms with van der Waals surface area (Å²) in [4.78, 5) is 15.5. The van der Waals surface area contributed by atoms with Crippen LogP contribution in [-0.4, -0.2) is 31.4 Å². The summed E-state index contributed by atoms with van der Waals surface area (Å²) in [6, 6.07) is 11.3. The van der Waals surface area contributed by atoms with Gasteiger partial charge in [0.25, 0.3) is 0 Å². The van der Waals surface area contributed by atoms with Crippen LogP contribution in [0.2, 0.25) is 0 Å². The third-order valence-electron chi connectivity index (χ3n) is 3.74. The number of amides is 1. The van der Waals surface area contributed by atoms with Gasteiger partial charge >= 0.3 is 6.18 Å². The maximum Gasteiger partial charge on any atom is 0.433 e. The van der Waals surface area contributed by atoms with E-state index in [2.05, 4.69) is 20.5 Å². The van der Waals surface area contributed by atoms with Crippen LogP contribution in [-0.2, 0) is 17.5 Å². The number of nitrogens with one attached hydrogen (secondary N) is 1. The highest BCUT2D eigenvalue weighted by atomic mass is 32.2. The molecule has 0 bridgehead atoms. The van der Waals surface area contributed by atoms with Crippen LogP contribution in [0.4, 0.5) is 18.9 Å². The lowest BCUT2D eigenvalue weighted by Gasteiger charge is -2.09. The predicted octanol–water partition coefficient (Wildman–Crippen LogP) is 4.11. The third-order valence-corrected chi connectivity index (χ3v) is 4.70. The molecule has 0 saturated heterocycles. The van der Waals surface area contributed by atoms with Crippen LogP contribution in [0.15, 0.2) is 53.8 Å². The lowest BCUT2D eigenvalue weighted by atomic mass is 10.2. The van der Waals surface area contributed by atoms with Gasteiger partial charge in [0.2, 0.25) is 5.91 Å². The molecule has 3 aromatic rings. The Kier molecular flexibility index (Phi) is 5.98. The number of nitrogens with zero attached hydrogens (tertiary/aromatic N) is 4. The molecule has 1 amide bonds. The first-order valence-electron chi connectivity index (χ1n) is 8.33. The van der Waals surface area contributed by atoms with Gasteiger partial charge in [-0.05, 0) is 31.2 Å². The van der Waals surface area contributed by atoms with Crippen LogP contribution in [0.25, 0.3) is 11.4 Å². The Bertz CT molecular complexity index is 942. The van der Waals surface area contributed by atoms with Gasteiger partial charge in [0, 0.05) is 24.0 Å². The van der Waals surface area contributed by atoms with Crippen molar-refractivity contribution in [2.24, 2.45) is 0 Å². The largest absolute Gasteiger partial charge is 0.433 e. The molecule has 28 heavy (non-hydrogen) atoms. The van der Waals surface area contributed by atoms with E-state index in [1.807, 2.05) is 25.1 Å². The summed E-state index contributed by atoms with van der Waals surface area (Å²) >= 11 is 1.20. The zero-order valence-electron chi connectivity index (χ0n) is 14.8. The van der Waals surface area contributed by atoms with Gasteiger partial charge in [0.1, 0.15) is 5.69 Å². The van der Waals surface area contributed by atoms with E-state index in [-0.39, 0.29) is 11.7 Å². The van der Waals surface area contributed by atoms with Crippen molar-refractivity contribution in [1.29, 1.82) is 0 Å². The Morgan fingerprint density at radius 3 is 2.50 bits per heavy atom. The summed E-state index contributed by atoms with van der Waals surface area (Å²) in [5.41, 5.74) is 0.149. The number of halogens is 3. The highest BCUT2D eigenvalue weighted by Gasteiger charge is 2.32. The number of aromatic nitrogens is 4. The van der Waals surface area contributed by atoms with Crippen LogP contribution >= 0.6 is 11.8 Å². The number of hydrogen-bond acceptors (Lipinski definition) is 5. The van der Waals surface area contributed by atoms with Crippen LogP contribution in [0.1, 0.15) is 12.6 Å². The van der Waals surface area contributed by atoms with E-state index in [1.54, 1.807) is 16.7 Å². The Morgan fingerprint density at radius 1 is 1.14 bits per heavy atom. The summed E-state index contributed by atoms with van der Waals surface area (Å²) in [7, 11) is 0. The van der Waals surface area contributed by atoms with Crippen molar-refractivity contribution < 1.29 is 18.0 Å². The first-order chi connectivity index (χ1) is 13.4. The first kappa shape index (κ1) is 19.9. The normalized spacial score (nSPS) is 11.4. The molecule has 2 aromatic heterocycles. The first-order valence-corrected chi connectivity index (χ1v) is 9.31. The average Bonchev–Trinajstić information content (AvgIpc) is 3.09. The number of benzene rings is 1. The molecule has 10 heteroatoms. The molecule has 0 atom stereocenters. The Balaban J connectivity index is 1.70. The number of para-hydroxylation sites is 1. The molecule has 3 rings (SSSR count). The van der Waals surface area contributed by atoms with E-state index in [0.29, 0.717) is 28.8 Å². The fraction of sp³-hybridized carbons (Fsp3) is 0.222. The van der Waals surface area contributed by atoms with Crippen molar-refractivity contribution in [3.05, 3.63) is 54.4 Å². The molecule has 0 unspecified atom stereocenters. The van der Waals surface area contributed by atoms with E-state index in [0.717, 1.165) is 12.3 Å². The molecule has 146 valence electrons. The number of carbonyl (C=O) groups excluding carboxylic acids is 1. The van der Waals surface area contributed by atoms with Crippen molar-refractivity contribution in [2.45, 2.75) is 24.8 Å². The molecule has 0 spiro atoms. The number of carbonyl (C=O) groups is 1. The van der Waals surface area contributed by atoms with E-state index in [4.69, 9.17) is 0 Å². The summed E-state index contributed by atoms with van der Waals surface area (Å²) < 4.78 is 39.7. The standard InChI is InChI=1S/C18H16F3N5OS/c1-2-26-16(12-8-9-14(22-10-12)18(19,20)21)24-25-17(26)28-11-15(27)23-13-6-4-3-5-7-13/h3-10H,2,11H2,1H3,(H,23,27). The van der Waals surface area contributed by atoms with Gasteiger partial charge in [-0.2, -0.15) is 13.2 Å². The van der Waals surface area contributed by atoms with Crippen LogP contribution in [0.3, 0.4) is 0 Å². The lowest BCUT2D eigenvalue weighted by Crippen LogP contribution is -2.14. The third kappa shape index (κ3) is 4.69. The monoisotopic (exact) mass is 407 g/mol. The van der Waals surface area contributed by atoms with Crippen LogP contribution in [0, 0.1) is 0 Å². The Hall–Kier alpha value is -2.88. The van der Waals surface area contributed by atoms with Gasteiger partial charge < -0.3 is 9.88 Å². The quantitative estimate of drug-likeness (QED) is 0.623. The van der Waals surface area contributed by atoms with E-state index >= 15 is 0 Å². The number of anilines is 1. The minimum atomic E-state index is -4.50. The Labute approximate surface area is 163 Å². The number of thioether (sulfide) groups is 1. The van der Waals surface area contributed by atoms with Crippen molar-refractivity contribution in [2.75, 3.05) is 11.1 Å². The summed E-state index contributed by atoms with van der Waals surface area (Å²) in [5.74, 6) is 0.326. The summed E-state index contributed by atoms with van der Waals surface area (Å²) in [5, 5.41) is 11.4. The topological polar surface area (TPSA) is 72.7 Å². The Morgan fingerprint density at radius 2 is 1.89 bits per heavy atom. The molecule has 0 aliphatic heterocycles. The van der Waals surface area contributed by atoms with Gasteiger partial charge in [0.15, 0.2) is 11.0 Å².